The Labute approximate surface area is 108 Å². The lowest BCUT2D eigenvalue weighted by atomic mass is 9.84. The monoisotopic (exact) mass is 240 g/mol. The van der Waals surface area contributed by atoms with Gasteiger partial charge in [0.25, 0.3) is 0 Å². The Bertz CT molecular complexity index is 219. The van der Waals surface area contributed by atoms with Gasteiger partial charge in [0.1, 0.15) is 0 Å². The first-order chi connectivity index (χ1) is 7.86. The van der Waals surface area contributed by atoms with Crippen LogP contribution in [0.15, 0.2) is 0 Å². The predicted molar refractivity (Wildman–Crippen MR) is 76.4 cm³/mol. The van der Waals surface area contributed by atoms with Gasteiger partial charge in [0.2, 0.25) is 0 Å². The maximum atomic E-state index is 3.41. The molecule has 0 radical (unpaired) electrons. The summed E-state index contributed by atoms with van der Waals surface area (Å²) in [6, 6.07) is 1.46. The van der Waals surface area contributed by atoms with Crippen LogP contribution in [0.4, 0.5) is 0 Å². The first-order valence-electron chi connectivity index (χ1n) is 7.28. The fourth-order valence-electron chi connectivity index (χ4n) is 2.31. The molecule has 0 saturated heterocycles. The molecule has 0 heterocycles. The van der Waals surface area contributed by atoms with E-state index in [4.69, 9.17) is 0 Å². The zero-order valence-electron chi connectivity index (χ0n) is 12.7. The van der Waals surface area contributed by atoms with E-state index >= 15 is 0 Å². The smallest absolute Gasteiger partial charge is 0.00991 e. The van der Waals surface area contributed by atoms with Crippen molar-refractivity contribution in [1.82, 2.24) is 10.2 Å². The summed E-state index contributed by atoms with van der Waals surface area (Å²) < 4.78 is 0. The molecule has 0 bridgehead atoms. The van der Waals surface area contributed by atoms with E-state index in [0.29, 0.717) is 11.5 Å². The van der Waals surface area contributed by atoms with Gasteiger partial charge in [-0.1, -0.05) is 27.7 Å². The Hall–Kier alpha value is -0.0800. The van der Waals surface area contributed by atoms with Crippen LogP contribution in [0.2, 0.25) is 0 Å². The topological polar surface area (TPSA) is 15.3 Å². The van der Waals surface area contributed by atoms with Crippen molar-refractivity contribution in [2.24, 2.45) is 11.3 Å². The summed E-state index contributed by atoms with van der Waals surface area (Å²) in [5, 5.41) is 3.41. The molecule has 0 spiro atoms. The van der Waals surface area contributed by atoms with Crippen molar-refractivity contribution < 1.29 is 0 Å². The van der Waals surface area contributed by atoms with Crippen molar-refractivity contribution in [2.75, 3.05) is 20.1 Å². The summed E-state index contributed by atoms with van der Waals surface area (Å²) >= 11 is 0. The molecule has 1 unspecified atom stereocenters. The maximum Gasteiger partial charge on any atom is 0.00991 e. The van der Waals surface area contributed by atoms with Crippen molar-refractivity contribution >= 4 is 0 Å². The SMILES string of the molecule is CNC(C)C(C)(C)CN(CCC(C)C)C1CC1. The Morgan fingerprint density at radius 1 is 1.24 bits per heavy atom. The molecule has 17 heavy (non-hydrogen) atoms. The molecule has 0 amide bonds. The van der Waals surface area contributed by atoms with E-state index in [1.807, 2.05) is 0 Å². The van der Waals surface area contributed by atoms with E-state index in [1.165, 1.54) is 32.4 Å². The number of hydrogen-bond acceptors (Lipinski definition) is 2. The van der Waals surface area contributed by atoms with Gasteiger partial charge in [0.15, 0.2) is 0 Å². The van der Waals surface area contributed by atoms with E-state index < -0.39 is 0 Å². The van der Waals surface area contributed by atoms with Crippen molar-refractivity contribution in [3.8, 4) is 0 Å². The van der Waals surface area contributed by atoms with Gasteiger partial charge in [-0.25, -0.2) is 0 Å². The lowest BCUT2D eigenvalue weighted by Gasteiger charge is -2.37. The minimum Gasteiger partial charge on any atom is -0.317 e. The second-order valence-electron chi connectivity index (χ2n) is 6.88. The van der Waals surface area contributed by atoms with Gasteiger partial charge < -0.3 is 5.32 Å². The van der Waals surface area contributed by atoms with Crippen molar-refractivity contribution in [2.45, 2.75) is 66.0 Å². The Balaban J connectivity index is 2.48. The van der Waals surface area contributed by atoms with Crippen molar-refractivity contribution in [3.05, 3.63) is 0 Å². The van der Waals surface area contributed by atoms with Crippen LogP contribution in [0.3, 0.4) is 0 Å². The molecule has 1 aliphatic carbocycles. The van der Waals surface area contributed by atoms with Gasteiger partial charge in [-0.15, -0.1) is 0 Å². The molecule has 1 saturated carbocycles. The highest BCUT2D eigenvalue weighted by molar-refractivity contribution is 4.90. The third kappa shape index (κ3) is 4.97. The summed E-state index contributed by atoms with van der Waals surface area (Å²) in [6.07, 6.45) is 4.17. The molecule has 1 atom stereocenters. The largest absolute Gasteiger partial charge is 0.317 e. The molecular weight excluding hydrogens is 208 g/mol. The van der Waals surface area contributed by atoms with Gasteiger partial charge in [-0.3, -0.25) is 4.90 Å². The van der Waals surface area contributed by atoms with Crippen LogP contribution in [0.1, 0.15) is 53.9 Å². The zero-order valence-corrected chi connectivity index (χ0v) is 12.7. The first-order valence-corrected chi connectivity index (χ1v) is 7.28. The van der Waals surface area contributed by atoms with Gasteiger partial charge in [0.05, 0.1) is 0 Å². The lowest BCUT2D eigenvalue weighted by molar-refractivity contribution is 0.134. The maximum absolute atomic E-state index is 3.41. The molecule has 102 valence electrons. The standard InChI is InChI=1S/C15H32N2/c1-12(2)9-10-17(14-7-8-14)11-15(4,5)13(3)16-6/h12-14,16H,7-11H2,1-6H3. The normalized spacial score (nSPS) is 19.1. The molecule has 2 nitrogen and oxygen atoms in total. The van der Waals surface area contributed by atoms with Crippen LogP contribution < -0.4 is 5.32 Å². The number of hydrogen-bond donors (Lipinski definition) is 1. The third-order valence-electron chi connectivity index (χ3n) is 4.27. The van der Waals surface area contributed by atoms with E-state index in [0.717, 1.165) is 12.0 Å². The molecule has 0 aliphatic heterocycles. The quantitative estimate of drug-likeness (QED) is 0.701. The Morgan fingerprint density at radius 2 is 1.82 bits per heavy atom. The van der Waals surface area contributed by atoms with Gasteiger partial charge >= 0.3 is 0 Å². The molecular formula is C15H32N2. The molecule has 0 aromatic heterocycles. The van der Waals surface area contributed by atoms with Crippen molar-refractivity contribution in [1.29, 1.82) is 0 Å². The fourth-order valence-corrected chi connectivity index (χ4v) is 2.31. The highest BCUT2D eigenvalue weighted by atomic mass is 15.2. The average Bonchev–Trinajstić information content (AvgIpc) is 3.06. The van der Waals surface area contributed by atoms with E-state index in [2.05, 4.69) is 51.9 Å². The van der Waals surface area contributed by atoms with E-state index in [-0.39, 0.29) is 0 Å². The van der Waals surface area contributed by atoms with E-state index in [9.17, 15) is 0 Å². The molecule has 2 heteroatoms. The number of nitrogens with one attached hydrogen (secondary N) is 1. The molecule has 1 N–H and O–H groups in total. The second-order valence-corrected chi connectivity index (χ2v) is 6.88. The van der Waals surface area contributed by atoms with Crippen LogP contribution in [0.25, 0.3) is 0 Å². The highest BCUT2D eigenvalue weighted by Gasteiger charge is 2.34. The second kappa shape index (κ2) is 6.19. The van der Waals surface area contributed by atoms with Crippen LogP contribution in [-0.2, 0) is 0 Å². The molecule has 1 fully saturated rings. The van der Waals surface area contributed by atoms with Gasteiger partial charge in [-0.05, 0) is 51.1 Å². The Kier molecular flexibility index (Phi) is 5.46. The summed E-state index contributed by atoms with van der Waals surface area (Å²) in [5.41, 5.74) is 0.355. The molecule has 1 rings (SSSR count). The summed E-state index contributed by atoms with van der Waals surface area (Å²) in [7, 11) is 2.07. The predicted octanol–water partition coefficient (Wildman–Crippen LogP) is 3.13. The summed E-state index contributed by atoms with van der Waals surface area (Å²) in [4.78, 5) is 2.73. The number of nitrogens with zero attached hydrogens (tertiary/aromatic N) is 1. The molecule has 0 aromatic rings. The van der Waals surface area contributed by atoms with Crippen molar-refractivity contribution in [3.63, 3.8) is 0 Å². The minimum absolute atomic E-state index is 0.355. The average molecular weight is 240 g/mol. The highest BCUT2D eigenvalue weighted by Crippen LogP contribution is 2.32. The van der Waals surface area contributed by atoms with Crippen LogP contribution in [0.5, 0.6) is 0 Å². The molecule has 1 aliphatic rings. The van der Waals surface area contributed by atoms with Crippen LogP contribution >= 0.6 is 0 Å². The minimum atomic E-state index is 0.355. The van der Waals surface area contributed by atoms with E-state index in [1.54, 1.807) is 0 Å². The van der Waals surface area contributed by atoms with Crippen LogP contribution in [0, 0.1) is 11.3 Å². The van der Waals surface area contributed by atoms with Gasteiger partial charge in [0, 0.05) is 18.6 Å². The zero-order chi connectivity index (χ0) is 13.1. The summed E-state index contributed by atoms with van der Waals surface area (Å²) in [6.45, 7) is 14.2. The third-order valence-corrected chi connectivity index (χ3v) is 4.27. The first kappa shape index (κ1) is 15.0. The Morgan fingerprint density at radius 3 is 2.24 bits per heavy atom. The van der Waals surface area contributed by atoms with Crippen LogP contribution in [-0.4, -0.2) is 37.1 Å². The fraction of sp³-hybridized carbons (Fsp3) is 1.00. The molecule has 0 aromatic carbocycles. The lowest BCUT2D eigenvalue weighted by Crippen LogP contribution is -2.46. The number of rotatable bonds is 8. The van der Waals surface area contributed by atoms with Gasteiger partial charge in [-0.2, -0.15) is 0 Å². The summed E-state index contributed by atoms with van der Waals surface area (Å²) in [5.74, 6) is 0.820.